The quantitative estimate of drug-likeness (QED) is 0.768. The molecule has 0 aliphatic carbocycles. The molecule has 2 fully saturated rings. The monoisotopic (exact) mass is 423 g/mol. The molecule has 2 aromatic rings. The van der Waals surface area contributed by atoms with Crippen LogP contribution >= 0.6 is 0 Å². The summed E-state index contributed by atoms with van der Waals surface area (Å²) in [7, 11) is 0. The van der Waals surface area contributed by atoms with Gasteiger partial charge >= 0.3 is 0 Å². The van der Waals surface area contributed by atoms with Gasteiger partial charge < -0.3 is 15.0 Å². The lowest BCUT2D eigenvalue weighted by Gasteiger charge is -2.38. The highest BCUT2D eigenvalue weighted by Crippen LogP contribution is 2.28. The Bertz CT molecular complexity index is 859. The molecule has 2 aliphatic rings. The number of rotatable bonds is 6. The van der Waals surface area contributed by atoms with Crippen molar-refractivity contribution in [2.75, 3.05) is 44.7 Å². The Kier molecular flexibility index (Phi) is 7.14. The van der Waals surface area contributed by atoms with Crippen LogP contribution in [0.15, 0.2) is 36.7 Å². The van der Waals surface area contributed by atoms with E-state index in [9.17, 15) is 4.79 Å². The number of nitrogens with one attached hydrogen (secondary N) is 1. The van der Waals surface area contributed by atoms with Gasteiger partial charge in [-0.1, -0.05) is 13.0 Å². The molecule has 0 spiro atoms. The van der Waals surface area contributed by atoms with Crippen LogP contribution in [0.1, 0.15) is 43.4 Å². The molecule has 0 saturated carbocycles. The van der Waals surface area contributed by atoms with Crippen LogP contribution in [0, 0.1) is 6.92 Å². The van der Waals surface area contributed by atoms with Crippen LogP contribution in [-0.4, -0.2) is 71.1 Å². The van der Waals surface area contributed by atoms with Crippen molar-refractivity contribution in [3.05, 3.63) is 47.9 Å². The molecule has 7 heteroatoms. The predicted molar refractivity (Wildman–Crippen MR) is 122 cm³/mol. The minimum absolute atomic E-state index is 0.0148. The molecule has 0 aromatic carbocycles. The van der Waals surface area contributed by atoms with E-state index in [0.29, 0.717) is 5.92 Å². The van der Waals surface area contributed by atoms with Crippen molar-refractivity contribution in [2.45, 2.75) is 45.1 Å². The number of carbonyl (C=O) groups is 1. The molecule has 166 valence electrons. The molecular weight excluding hydrogens is 390 g/mol. The van der Waals surface area contributed by atoms with Gasteiger partial charge in [0.25, 0.3) is 0 Å². The number of piperidine rings is 1. The summed E-state index contributed by atoms with van der Waals surface area (Å²) >= 11 is 0. The number of aromatic nitrogens is 2. The number of likely N-dealkylation sites (tertiary alicyclic amines) is 1. The molecule has 2 aliphatic heterocycles. The largest absolute Gasteiger partial charge is 0.379 e. The molecule has 4 rings (SSSR count). The lowest BCUT2D eigenvalue weighted by atomic mass is 9.92. The van der Waals surface area contributed by atoms with E-state index in [2.05, 4.69) is 39.2 Å². The van der Waals surface area contributed by atoms with Gasteiger partial charge in [0.1, 0.15) is 5.82 Å². The van der Waals surface area contributed by atoms with Crippen LogP contribution in [0.3, 0.4) is 0 Å². The molecule has 0 radical (unpaired) electrons. The molecule has 4 heterocycles. The number of pyridine rings is 2. The molecule has 31 heavy (non-hydrogen) atoms. The molecule has 1 amide bonds. The summed E-state index contributed by atoms with van der Waals surface area (Å²) in [5.41, 5.74) is 3.15. The maximum atomic E-state index is 13.1. The topological polar surface area (TPSA) is 70.6 Å². The predicted octanol–water partition coefficient (Wildman–Crippen LogP) is 3.35. The van der Waals surface area contributed by atoms with E-state index in [1.807, 2.05) is 25.3 Å². The van der Waals surface area contributed by atoms with Crippen LogP contribution in [0.25, 0.3) is 0 Å². The first-order chi connectivity index (χ1) is 15.2. The van der Waals surface area contributed by atoms with E-state index in [1.54, 1.807) is 6.20 Å². The summed E-state index contributed by atoms with van der Waals surface area (Å²) in [4.78, 5) is 26.6. The van der Waals surface area contributed by atoms with Crippen molar-refractivity contribution in [3.63, 3.8) is 0 Å². The van der Waals surface area contributed by atoms with Gasteiger partial charge in [-0.2, -0.15) is 0 Å². The minimum Gasteiger partial charge on any atom is -0.379 e. The first-order valence-corrected chi connectivity index (χ1v) is 11.4. The zero-order valence-corrected chi connectivity index (χ0v) is 18.6. The maximum absolute atomic E-state index is 13.1. The van der Waals surface area contributed by atoms with Crippen molar-refractivity contribution in [1.82, 2.24) is 19.8 Å². The molecule has 7 nitrogen and oxygen atoms in total. The second-order valence-corrected chi connectivity index (χ2v) is 8.44. The summed E-state index contributed by atoms with van der Waals surface area (Å²) < 4.78 is 5.45. The Morgan fingerprint density at radius 1 is 1.16 bits per heavy atom. The fraction of sp³-hybridized carbons (Fsp3) is 0.542. The van der Waals surface area contributed by atoms with E-state index < -0.39 is 0 Å². The number of nitrogens with zero attached hydrogens (tertiary/aromatic N) is 4. The highest BCUT2D eigenvalue weighted by Gasteiger charge is 2.32. The van der Waals surface area contributed by atoms with Gasteiger partial charge in [-0.15, -0.1) is 0 Å². The molecule has 0 unspecified atom stereocenters. The highest BCUT2D eigenvalue weighted by atomic mass is 16.5. The smallest absolute Gasteiger partial charge is 0.239 e. The number of morpholine rings is 1. The van der Waals surface area contributed by atoms with Crippen molar-refractivity contribution >= 4 is 17.4 Å². The number of amides is 1. The zero-order chi connectivity index (χ0) is 21.6. The molecule has 1 N–H and O–H groups in total. The number of ether oxygens (including phenoxy) is 1. The average Bonchev–Trinajstić information content (AvgIpc) is 2.82. The van der Waals surface area contributed by atoms with Crippen LogP contribution in [0.5, 0.6) is 0 Å². The summed E-state index contributed by atoms with van der Waals surface area (Å²) in [6.45, 7) is 8.90. The Morgan fingerprint density at radius 3 is 2.58 bits per heavy atom. The molecule has 1 atom stereocenters. The van der Waals surface area contributed by atoms with Crippen LogP contribution in [-0.2, 0) is 9.53 Å². The first-order valence-electron chi connectivity index (χ1n) is 11.4. The summed E-state index contributed by atoms with van der Waals surface area (Å²) in [6.07, 6.45) is 6.44. The number of aryl methyl sites for hydroxylation is 1. The highest BCUT2D eigenvalue weighted by molar-refractivity contribution is 5.82. The van der Waals surface area contributed by atoms with Gasteiger partial charge in [-0.3, -0.25) is 14.7 Å². The van der Waals surface area contributed by atoms with Gasteiger partial charge in [-0.05, 0) is 49.9 Å². The van der Waals surface area contributed by atoms with Crippen LogP contribution in [0.4, 0.5) is 11.5 Å². The number of hydrogen-bond acceptors (Lipinski definition) is 6. The van der Waals surface area contributed by atoms with Gasteiger partial charge in [0.2, 0.25) is 5.91 Å². The normalized spacial score (nSPS) is 19.2. The molecule has 0 bridgehead atoms. The fourth-order valence-electron chi connectivity index (χ4n) is 4.56. The van der Waals surface area contributed by atoms with Crippen LogP contribution in [0.2, 0.25) is 0 Å². The zero-order valence-electron chi connectivity index (χ0n) is 18.6. The van der Waals surface area contributed by atoms with Gasteiger partial charge in [0.05, 0.1) is 31.1 Å². The van der Waals surface area contributed by atoms with Crippen LogP contribution < -0.4 is 5.32 Å². The molecule has 2 saturated heterocycles. The number of hydrogen-bond donors (Lipinski definition) is 1. The van der Waals surface area contributed by atoms with Crippen molar-refractivity contribution in [3.8, 4) is 0 Å². The number of anilines is 2. The Morgan fingerprint density at radius 2 is 1.94 bits per heavy atom. The Balaban J connectivity index is 1.32. The molecular formula is C24H33N5O2. The SMILES string of the molecule is CC[C@H](C(=O)N1CCC(c2ccc(Nc3ncccc3C)cn2)CC1)N1CCOCC1. The Hall–Kier alpha value is -2.51. The second-order valence-electron chi connectivity index (χ2n) is 8.44. The fourth-order valence-corrected chi connectivity index (χ4v) is 4.56. The van der Waals surface area contributed by atoms with E-state index in [1.165, 1.54) is 0 Å². The van der Waals surface area contributed by atoms with E-state index >= 15 is 0 Å². The molecule has 2 aromatic heterocycles. The van der Waals surface area contributed by atoms with Gasteiger partial charge in [0, 0.05) is 44.0 Å². The maximum Gasteiger partial charge on any atom is 0.239 e. The van der Waals surface area contributed by atoms with E-state index in [4.69, 9.17) is 9.72 Å². The average molecular weight is 424 g/mol. The van der Waals surface area contributed by atoms with Crippen molar-refractivity contribution < 1.29 is 9.53 Å². The summed E-state index contributed by atoms with van der Waals surface area (Å²) in [5, 5.41) is 3.33. The Labute approximate surface area is 184 Å². The third-order valence-electron chi connectivity index (χ3n) is 6.44. The van der Waals surface area contributed by atoms with Gasteiger partial charge in [0.15, 0.2) is 0 Å². The van der Waals surface area contributed by atoms with E-state index in [-0.39, 0.29) is 11.9 Å². The van der Waals surface area contributed by atoms with E-state index in [0.717, 1.165) is 81.4 Å². The third kappa shape index (κ3) is 5.22. The standard InChI is InChI=1S/C24H33N5O2/c1-3-22(28-13-15-31-16-14-28)24(30)29-11-8-19(9-12-29)21-7-6-20(17-26-21)27-23-18(2)5-4-10-25-23/h4-7,10,17,19,22H,3,8-9,11-16H2,1-2H3,(H,25,27)/t22-/m1/s1. The lowest BCUT2D eigenvalue weighted by Crippen LogP contribution is -2.53. The second kappa shape index (κ2) is 10.2. The number of carbonyl (C=O) groups excluding carboxylic acids is 1. The minimum atomic E-state index is -0.0148. The van der Waals surface area contributed by atoms with Crippen molar-refractivity contribution in [2.24, 2.45) is 0 Å². The third-order valence-corrected chi connectivity index (χ3v) is 6.44. The summed E-state index contributed by atoms with van der Waals surface area (Å²) in [5.74, 6) is 1.54. The summed E-state index contributed by atoms with van der Waals surface area (Å²) in [6, 6.07) is 8.13. The first kappa shape index (κ1) is 21.7. The lowest BCUT2D eigenvalue weighted by molar-refractivity contribution is -0.140. The van der Waals surface area contributed by atoms with Crippen molar-refractivity contribution in [1.29, 1.82) is 0 Å². The van der Waals surface area contributed by atoms with Gasteiger partial charge in [-0.25, -0.2) is 4.98 Å².